The van der Waals surface area contributed by atoms with Gasteiger partial charge in [-0.25, -0.2) is 9.78 Å². The van der Waals surface area contributed by atoms with Crippen molar-refractivity contribution in [2.24, 2.45) is 0 Å². The summed E-state index contributed by atoms with van der Waals surface area (Å²) in [4.78, 5) is 51.1. The summed E-state index contributed by atoms with van der Waals surface area (Å²) in [6.45, 7) is 3.50. The number of carbonyl (C=O) groups excluding carboxylic acids is 2. The predicted molar refractivity (Wildman–Crippen MR) is 107 cm³/mol. The Morgan fingerprint density at radius 3 is 2.16 bits per heavy atom. The maximum atomic E-state index is 12.3. The van der Waals surface area contributed by atoms with E-state index in [1.165, 1.54) is 13.3 Å². The minimum atomic E-state index is -5.08. The van der Waals surface area contributed by atoms with Crippen molar-refractivity contribution in [3.63, 3.8) is 0 Å². The maximum Gasteiger partial charge on any atom is 0.490 e. The van der Waals surface area contributed by atoms with Crippen LogP contribution in [0.5, 0.6) is 0 Å². The lowest BCUT2D eigenvalue weighted by atomic mass is 10.1. The van der Waals surface area contributed by atoms with E-state index < -0.39 is 36.1 Å². The summed E-state index contributed by atoms with van der Waals surface area (Å²) in [7, 11) is 0. The molecule has 32 heavy (non-hydrogen) atoms. The Bertz CT molecular complexity index is 725. The highest BCUT2D eigenvalue weighted by molar-refractivity contribution is 5.90. The predicted octanol–water partition coefficient (Wildman–Crippen LogP) is 2.02. The van der Waals surface area contributed by atoms with Gasteiger partial charge in [0.2, 0.25) is 11.8 Å². The van der Waals surface area contributed by atoms with Gasteiger partial charge < -0.3 is 25.8 Å². The molecular formula is C19H29F3N4O6. The molecule has 0 fully saturated rings. The molecule has 0 aliphatic rings. The highest BCUT2D eigenvalue weighted by Gasteiger charge is 2.38. The number of carboxylic acids is 2. The van der Waals surface area contributed by atoms with Crippen molar-refractivity contribution >= 4 is 23.8 Å². The van der Waals surface area contributed by atoms with Gasteiger partial charge in [-0.1, -0.05) is 32.6 Å². The van der Waals surface area contributed by atoms with Crippen LogP contribution < -0.4 is 10.6 Å². The number of hydrogen-bond donors (Lipinski definition) is 5. The van der Waals surface area contributed by atoms with Gasteiger partial charge in [-0.05, 0) is 13.3 Å². The van der Waals surface area contributed by atoms with Crippen molar-refractivity contribution in [3.05, 3.63) is 18.2 Å². The lowest BCUT2D eigenvalue weighted by Gasteiger charge is -2.19. The van der Waals surface area contributed by atoms with E-state index in [-0.39, 0.29) is 12.3 Å². The topological polar surface area (TPSA) is 161 Å². The van der Waals surface area contributed by atoms with E-state index in [4.69, 9.17) is 15.0 Å². The third-order valence-corrected chi connectivity index (χ3v) is 4.10. The number of halogens is 3. The number of aliphatic carboxylic acids is 2. The minimum Gasteiger partial charge on any atom is -0.480 e. The molecule has 5 N–H and O–H groups in total. The zero-order valence-corrected chi connectivity index (χ0v) is 17.9. The number of nitrogens with zero attached hydrogens (tertiary/aromatic N) is 1. The molecule has 13 heteroatoms. The summed E-state index contributed by atoms with van der Waals surface area (Å²) >= 11 is 0. The van der Waals surface area contributed by atoms with E-state index in [2.05, 4.69) is 27.5 Å². The number of unbranched alkanes of at least 4 members (excludes halogenated alkanes) is 4. The summed E-state index contributed by atoms with van der Waals surface area (Å²) in [6, 6.07) is -1.88. The minimum absolute atomic E-state index is 0.198. The van der Waals surface area contributed by atoms with E-state index in [0.29, 0.717) is 12.1 Å². The van der Waals surface area contributed by atoms with Gasteiger partial charge in [-0.3, -0.25) is 14.4 Å². The molecule has 0 bridgehead atoms. The Balaban J connectivity index is 0.00000118. The van der Waals surface area contributed by atoms with E-state index >= 15 is 0 Å². The van der Waals surface area contributed by atoms with Crippen LogP contribution in [-0.4, -0.2) is 62.2 Å². The van der Waals surface area contributed by atoms with E-state index in [0.717, 1.165) is 32.1 Å². The first-order valence-electron chi connectivity index (χ1n) is 9.98. The Kier molecular flexibility index (Phi) is 13.4. The number of aromatic nitrogens is 2. The number of carboxylic acid groups (broad SMARTS) is 2. The summed E-state index contributed by atoms with van der Waals surface area (Å²) in [6.07, 6.45) is 3.72. The smallest absolute Gasteiger partial charge is 0.480 e. The zero-order valence-electron chi connectivity index (χ0n) is 17.9. The lowest BCUT2D eigenvalue weighted by Crippen LogP contribution is -2.51. The summed E-state index contributed by atoms with van der Waals surface area (Å²) in [5.41, 5.74) is 0.617. The molecule has 2 amide bonds. The molecular weight excluding hydrogens is 437 g/mol. The van der Waals surface area contributed by atoms with Gasteiger partial charge >= 0.3 is 18.1 Å². The molecule has 0 spiro atoms. The van der Waals surface area contributed by atoms with Gasteiger partial charge in [0.15, 0.2) is 0 Å². The molecule has 1 rings (SSSR count). The van der Waals surface area contributed by atoms with Crippen molar-refractivity contribution in [3.8, 4) is 0 Å². The first-order valence-corrected chi connectivity index (χ1v) is 9.98. The first kappa shape index (κ1) is 28.9. The van der Waals surface area contributed by atoms with Crippen LogP contribution in [0.2, 0.25) is 0 Å². The van der Waals surface area contributed by atoms with Crippen LogP contribution >= 0.6 is 0 Å². The molecule has 10 nitrogen and oxygen atoms in total. The van der Waals surface area contributed by atoms with Crippen molar-refractivity contribution in [1.82, 2.24) is 20.6 Å². The second-order valence-electron chi connectivity index (χ2n) is 6.92. The third-order valence-electron chi connectivity index (χ3n) is 4.10. The van der Waals surface area contributed by atoms with Crippen LogP contribution in [-0.2, 0) is 25.6 Å². The Hall–Kier alpha value is -3.12. The van der Waals surface area contributed by atoms with E-state index in [1.807, 2.05) is 0 Å². The molecule has 182 valence electrons. The molecule has 1 aromatic rings. The second-order valence-corrected chi connectivity index (χ2v) is 6.92. The van der Waals surface area contributed by atoms with Gasteiger partial charge in [0.25, 0.3) is 0 Å². The Morgan fingerprint density at radius 1 is 1.09 bits per heavy atom. The van der Waals surface area contributed by atoms with Crippen molar-refractivity contribution in [2.75, 3.05) is 0 Å². The van der Waals surface area contributed by atoms with Gasteiger partial charge in [-0.15, -0.1) is 0 Å². The number of rotatable bonds is 12. The molecule has 0 aromatic carbocycles. The molecule has 2 atom stereocenters. The zero-order chi connectivity index (χ0) is 24.7. The quantitative estimate of drug-likeness (QED) is 0.294. The second kappa shape index (κ2) is 14.8. The van der Waals surface area contributed by atoms with Crippen molar-refractivity contribution in [2.45, 2.75) is 77.1 Å². The highest BCUT2D eigenvalue weighted by Crippen LogP contribution is 2.13. The van der Waals surface area contributed by atoms with Gasteiger partial charge in [0.05, 0.1) is 12.0 Å². The molecule has 1 heterocycles. The van der Waals surface area contributed by atoms with Gasteiger partial charge in [0, 0.05) is 19.0 Å². The fraction of sp³-hybridized carbons (Fsp3) is 0.632. The van der Waals surface area contributed by atoms with Crippen molar-refractivity contribution < 1.29 is 42.6 Å². The van der Waals surface area contributed by atoms with Crippen molar-refractivity contribution in [1.29, 1.82) is 0 Å². The monoisotopic (exact) mass is 466 g/mol. The van der Waals surface area contributed by atoms with Crippen LogP contribution in [0, 0.1) is 0 Å². The normalized spacial score (nSPS) is 12.7. The van der Waals surface area contributed by atoms with E-state index in [9.17, 15) is 27.6 Å². The van der Waals surface area contributed by atoms with Crippen LogP contribution in [0.15, 0.2) is 12.5 Å². The molecule has 0 aliphatic heterocycles. The number of nitrogens with one attached hydrogen (secondary N) is 3. The SMILES string of the molecule is CCCCCCCC(=O)N[C@H](Cc1c[nH]cn1)C(=O)N[C@@H](C)C(=O)O.O=C(O)C(F)(F)F. The number of carbonyl (C=O) groups is 4. The lowest BCUT2D eigenvalue weighted by molar-refractivity contribution is -0.192. The standard InChI is InChI=1S/C17H28N4O4.C2HF3O2/c1-3-4-5-6-7-8-15(22)21-14(9-13-10-18-11-19-13)16(23)20-12(2)17(24)25;3-2(4,5)1(6)7/h10-12,14H,3-9H2,1-2H3,(H,18,19)(H,20,23)(H,21,22)(H,24,25);(H,6,7)/t12-,14+;/m0./s1. The third kappa shape index (κ3) is 13.2. The summed E-state index contributed by atoms with van der Waals surface area (Å²) < 4.78 is 31.7. The van der Waals surface area contributed by atoms with E-state index in [1.54, 1.807) is 6.20 Å². The fourth-order valence-electron chi connectivity index (χ4n) is 2.35. The number of H-pyrrole nitrogens is 1. The van der Waals surface area contributed by atoms with Crippen LogP contribution in [0.25, 0.3) is 0 Å². The number of hydrogen-bond acceptors (Lipinski definition) is 5. The number of imidazole rings is 1. The number of aromatic amines is 1. The maximum absolute atomic E-state index is 12.3. The molecule has 0 saturated heterocycles. The summed E-state index contributed by atoms with van der Waals surface area (Å²) in [5, 5.41) is 21.1. The number of amides is 2. The largest absolute Gasteiger partial charge is 0.490 e. The molecule has 0 aliphatic carbocycles. The van der Waals surface area contributed by atoms with Gasteiger partial charge in [-0.2, -0.15) is 13.2 Å². The summed E-state index contributed by atoms with van der Waals surface area (Å²) in [5.74, 6) is -4.63. The Labute approximate surface area is 183 Å². The van der Waals surface area contributed by atoms with Crippen LogP contribution in [0.1, 0.15) is 58.1 Å². The average molecular weight is 466 g/mol. The number of alkyl halides is 3. The molecule has 1 aromatic heterocycles. The molecule has 0 unspecified atom stereocenters. The van der Waals surface area contributed by atoms with Gasteiger partial charge in [0.1, 0.15) is 12.1 Å². The fourth-order valence-corrected chi connectivity index (χ4v) is 2.35. The highest BCUT2D eigenvalue weighted by atomic mass is 19.4. The van der Waals surface area contributed by atoms with Crippen LogP contribution in [0.4, 0.5) is 13.2 Å². The first-order chi connectivity index (χ1) is 14.9. The molecule has 0 radical (unpaired) electrons. The Morgan fingerprint density at radius 2 is 1.69 bits per heavy atom. The van der Waals surface area contributed by atoms with Crippen LogP contribution in [0.3, 0.4) is 0 Å². The average Bonchev–Trinajstić information content (AvgIpc) is 3.20. The molecule has 0 saturated carbocycles.